The van der Waals surface area contributed by atoms with Crippen molar-refractivity contribution in [1.82, 2.24) is 16.0 Å². The number of nitrogens with one attached hydrogen (secondary N) is 3. The SMILES string of the molecule is CC(C)C[C@@H](NC(=O)[C@H](C)NC(=O)[C@H](Cc1ccccc1)NC(=O)OC(C)(C)C)[C@H](O)CS(=O)c1ccccc1. The van der Waals surface area contributed by atoms with Crippen LogP contribution >= 0.6 is 0 Å². The molecule has 0 fully saturated rings. The lowest BCUT2D eigenvalue weighted by Gasteiger charge is -2.28. The highest BCUT2D eigenvalue weighted by Gasteiger charge is 2.30. The van der Waals surface area contributed by atoms with Gasteiger partial charge in [-0.25, -0.2) is 4.79 Å². The summed E-state index contributed by atoms with van der Waals surface area (Å²) in [5.41, 5.74) is 0.0731. The molecule has 1 unspecified atom stereocenters. The first-order valence-electron chi connectivity index (χ1n) is 13.5. The fourth-order valence-corrected chi connectivity index (χ4v) is 5.15. The zero-order valence-corrected chi connectivity index (χ0v) is 25.0. The Morgan fingerprint density at radius 1 is 0.875 bits per heavy atom. The maximum Gasteiger partial charge on any atom is 0.408 e. The summed E-state index contributed by atoms with van der Waals surface area (Å²) in [7, 11) is -1.45. The molecular formula is C30H43N3O6S. The normalized spacial score (nSPS) is 15.3. The number of carbonyl (C=O) groups excluding carboxylic acids is 3. The Morgan fingerprint density at radius 3 is 2.00 bits per heavy atom. The van der Waals surface area contributed by atoms with E-state index in [4.69, 9.17) is 4.74 Å². The van der Waals surface area contributed by atoms with Crippen LogP contribution < -0.4 is 16.0 Å². The Kier molecular flexibility index (Phi) is 12.8. The first-order chi connectivity index (χ1) is 18.7. The summed E-state index contributed by atoms with van der Waals surface area (Å²) < 4.78 is 18.1. The Labute approximate surface area is 239 Å². The van der Waals surface area contributed by atoms with Crippen LogP contribution in [0.4, 0.5) is 4.79 Å². The number of amides is 3. The van der Waals surface area contributed by atoms with Gasteiger partial charge in [-0.15, -0.1) is 0 Å². The van der Waals surface area contributed by atoms with Crippen molar-refractivity contribution in [2.24, 2.45) is 5.92 Å². The maximum absolute atomic E-state index is 13.2. The van der Waals surface area contributed by atoms with Crippen LogP contribution in [0, 0.1) is 5.92 Å². The topological polar surface area (TPSA) is 134 Å². The molecule has 0 saturated carbocycles. The molecule has 0 radical (unpaired) electrons. The van der Waals surface area contributed by atoms with Gasteiger partial charge in [-0.05, 0) is 57.7 Å². The van der Waals surface area contributed by atoms with E-state index in [0.29, 0.717) is 11.3 Å². The van der Waals surface area contributed by atoms with Crippen molar-refractivity contribution in [3.8, 4) is 0 Å². The average molecular weight is 574 g/mol. The number of benzene rings is 2. The van der Waals surface area contributed by atoms with Crippen LogP contribution in [0.5, 0.6) is 0 Å². The Morgan fingerprint density at radius 2 is 1.45 bits per heavy atom. The third-order valence-electron chi connectivity index (χ3n) is 5.89. The summed E-state index contributed by atoms with van der Waals surface area (Å²) in [4.78, 5) is 39.4. The molecule has 4 N–H and O–H groups in total. The number of alkyl carbamates (subject to hydrolysis) is 1. The maximum atomic E-state index is 13.2. The molecule has 40 heavy (non-hydrogen) atoms. The molecule has 0 aliphatic rings. The molecule has 2 aromatic carbocycles. The predicted octanol–water partition coefficient (Wildman–Crippen LogP) is 3.33. The first kappa shape index (κ1) is 33.0. The van der Waals surface area contributed by atoms with E-state index < -0.39 is 58.5 Å². The lowest BCUT2D eigenvalue weighted by Crippen LogP contribution is -2.56. The first-order valence-corrected chi connectivity index (χ1v) is 14.8. The second kappa shape index (κ2) is 15.5. The molecule has 0 bridgehead atoms. The monoisotopic (exact) mass is 573 g/mol. The van der Waals surface area contributed by atoms with Gasteiger partial charge in [-0.2, -0.15) is 0 Å². The van der Waals surface area contributed by atoms with Gasteiger partial charge in [-0.3, -0.25) is 13.8 Å². The van der Waals surface area contributed by atoms with E-state index in [1.54, 1.807) is 45.0 Å². The van der Waals surface area contributed by atoms with Crippen LogP contribution in [-0.4, -0.2) is 62.8 Å². The Balaban J connectivity index is 2.08. The number of aliphatic hydroxyl groups excluding tert-OH is 1. The second-order valence-electron chi connectivity index (χ2n) is 11.3. The molecule has 2 aromatic rings. The number of ether oxygens (including phenoxy) is 1. The molecule has 0 aromatic heterocycles. The van der Waals surface area contributed by atoms with E-state index in [1.807, 2.05) is 50.2 Å². The summed E-state index contributed by atoms with van der Waals surface area (Å²) in [6.07, 6.45) is -1.15. The highest BCUT2D eigenvalue weighted by Crippen LogP contribution is 2.14. The quantitative estimate of drug-likeness (QED) is 0.291. The zero-order chi connectivity index (χ0) is 29.9. The average Bonchev–Trinajstić information content (AvgIpc) is 2.87. The van der Waals surface area contributed by atoms with E-state index in [9.17, 15) is 23.7 Å². The summed E-state index contributed by atoms with van der Waals surface area (Å²) in [6.45, 7) is 10.6. The number of hydrogen-bond acceptors (Lipinski definition) is 6. The van der Waals surface area contributed by atoms with E-state index >= 15 is 0 Å². The van der Waals surface area contributed by atoms with Gasteiger partial charge in [0.1, 0.15) is 17.7 Å². The molecule has 0 spiro atoms. The van der Waals surface area contributed by atoms with Gasteiger partial charge in [0.15, 0.2) is 0 Å². The Hall–Kier alpha value is -3.24. The van der Waals surface area contributed by atoms with Crippen LogP contribution in [0.1, 0.15) is 53.5 Å². The van der Waals surface area contributed by atoms with Gasteiger partial charge in [0.25, 0.3) is 0 Å². The highest BCUT2D eigenvalue weighted by atomic mass is 32.2. The van der Waals surface area contributed by atoms with Crippen LogP contribution in [0.2, 0.25) is 0 Å². The lowest BCUT2D eigenvalue weighted by atomic mass is 9.99. The molecule has 0 heterocycles. The lowest BCUT2D eigenvalue weighted by molar-refractivity contribution is -0.130. The van der Waals surface area contributed by atoms with Crippen molar-refractivity contribution in [3.63, 3.8) is 0 Å². The molecule has 0 saturated heterocycles. The highest BCUT2D eigenvalue weighted by molar-refractivity contribution is 7.85. The summed E-state index contributed by atoms with van der Waals surface area (Å²) >= 11 is 0. The predicted molar refractivity (Wildman–Crippen MR) is 156 cm³/mol. The van der Waals surface area contributed by atoms with Gasteiger partial charge in [0.2, 0.25) is 11.8 Å². The van der Waals surface area contributed by atoms with E-state index in [2.05, 4.69) is 16.0 Å². The largest absolute Gasteiger partial charge is 0.444 e. The van der Waals surface area contributed by atoms with Gasteiger partial charge < -0.3 is 25.8 Å². The van der Waals surface area contributed by atoms with Crippen molar-refractivity contribution < 1.29 is 28.4 Å². The van der Waals surface area contributed by atoms with Crippen LogP contribution in [-0.2, 0) is 31.5 Å². The van der Waals surface area contributed by atoms with Gasteiger partial charge in [-0.1, -0.05) is 62.4 Å². The molecule has 10 heteroatoms. The molecule has 0 aliphatic heterocycles. The third-order valence-corrected chi connectivity index (χ3v) is 7.33. The minimum atomic E-state index is -1.45. The van der Waals surface area contributed by atoms with Gasteiger partial charge in [0, 0.05) is 11.3 Å². The van der Waals surface area contributed by atoms with Crippen LogP contribution in [0.15, 0.2) is 65.6 Å². The van der Waals surface area contributed by atoms with E-state index in [0.717, 1.165) is 5.56 Å². The minimum Gasteiger partial charge on any atom is -0.444 e. The fraction of sp³-hybridized carbons (Fsp3) is 0.500. The second-order valence-corrected chi connectivity index (χ2v) is 12.8. The van der Waals surface area contributed by atoms with Crippen molar-refractivity contribution in [2.45, 2.75) is 89.1 Å². The standard InChI is InChI=1S/C30H43N3O6S/c1-20(2)17-24(26(34)19-40(38)23-15-11-8-12-16-23)32-27(35)21(3)31-28(36)25(18-22-13-9-7-10-14-22)33-29(37)39-30(4,5)6/h7-16,20-21,24-26,34H,17-19H2,1-6H3,(H,31,36)(H,32,35)(H,33,37)/t21-,24+,25-,26+,40?/m0/s1. The number of rotatable bonds is 13. The van der Waals surface area contributed by atoms with Crippen molar-refractivity contribution in [1.29, 1.82) is 0 Å². The van der Waals surface area contributed by atoms with E-state index in [1.165, 1.54) is 6.92 Å². The van der Waals surface area contributed by atoms with Gasteiger partial charge in [0.05, 0.1) is 28.7 Å². The molecular weight excluding hydrogens is 530 g/mol. The fourth-order valence-electron chi connectivity index (χ4n) is 3.96. The molecule has 5 atom stereocenters. The van der Waals surface area contributed by atoms with Crippen molar-refractivity contribution in [2.75, 3.05) is 5.75 Å². The number of hydrogen-bond donors (Lipinski definition) is 4. The number of carbonyl (C=O) groups is 3. The minimum absolute atomic E-state index is 0.0403. The zero-order valence-electron chi connectivity index (χ0n) is 24.2. The third kappa shape index (κ3) is 11.9. The van der Waals surface area contributed by atoms with Crippen LogP contribution in [0.3, 0.4) is 0 Å². The van der Waals surface area contributed by atoms with Crippen molar-refractivity contribution in [3.05, 3.63) is 66.2 Å². The molecule has 220 valence electrons. The molecule has 9 nitrogen and oxygen atoms in total. The summed E-state index contributed by atoms with van der Waals surface area (Å²) in [6, 6.07) is 15.4. The Bertz CT molecular complexity index is 1120. The molecule has 2 rings (SSSR count). The number of aliphatic hydroxyl groups is 1. The van der Waals surface area contributed by atoms with Crippen molar-refractivity contribution >= 4 is 28.7 Å². The summed E-state index contributed by atoms with van der Waals surface area (Å²) in [5.74, 6) is -0.951. The summed E-state index contributed by atoms with van der Waals surface area (Å²) in [5, 5.41) is 19.0. The van der Waals surface area contributed by atoms with Gasteiger partial charge >= 0.3 is 6.09 Å². The van der Waals surface area contributed by atoms with Crippen LogP contribution in [0.25, 0.3) is 0 Å². The molecule has 0 aliphatic carbocycles. The smallest absolute Gasteiger partial charge is 0.408 e. The molecule has 3 amide bonds. The van der Waals surface area contributed by atoms with E-state index in [-0.39, 0.29) is 18.1 Å².